The second-order valence-corrected chi connectivity index (χ2v) is 8.99. The second-order valence-electron chi connectivity index (χ2n) is 6.48. The molecule has 0 saturated heterocycles. The number of amides is 1. The molecule has 140 valence electrons. The van der Waals surface area contributed by atoms with Gasteiger partial charge in [0.25, 0.3) is 0 Å². The van der Waals surface area contributed by atoms with Crippen molar-refractivity contribution in [3.05, 3.63) is 70.4 Å². The van der Waals surface area contributed by atoms with Crippen molar-refractivity contribution in [2.75, 3.05) is 11.1 Å². The number of aromatic nitrogens is 3. The van der Waals surface area contributed by atoms with Crippen molar-refractivity contribution >= 4 is 56.6 Å². The van der Waals surface area contributed by atoms with Crippen molar-refractivity contribution < 1.29 is 4.79 Å². The van der Waals surface area contributed by atoms with E-state index in [2.05, 4.69) is 5.32 Å². The molecule has 3 heterocycles. The largest absolute Gasteiger partial charge is 0.310 e. The maximum Gasteiger partial charge on any atom is 0.235 e. The van der Waals surface area contributed by atoms with Crippen LogP contribution in [0.15, 0.2) is 48.5 Å². The summed E-state index contributed by atoms with van der Waals surface area (Å²) in [6.45, 7) is 1.96. The summed E-state index contributed by atoms with van der Waals surface area (Å²) >= 11 is 9.60. The van der Waals surface area contributed by atoms with Crippen LogP contribution < -0.4 is 5.32 Å². The summed E-state index contributed by atoms with van der Waals surface area (Å²) in [7, 11) is 0. The third-order valence-corrected chi connectivity index (χ3v) is 7.27. The van der Waals surface area contributed by atoms with E-state index >= 15 is 0 Å². The fourth-order valence-corrected chi connectivity index (χ4v) is 5.86. The third kappa shape index (κ3) is 2.90. The van der Waals surface area contributed by atoms with Crippen LogP contribution in [-0.2, 0) is 4.79 Å². The van der Waals surface area contributed by atoms with E-state index in [0.717, 1.165) is 32.2 Å². The molecule has 1 amide bonds. The van der Waals surface area contributed by atoms with Crippen molar-refractivity contribution in [2.45, 2.75) is 12.2 Å². The molecular weight excluding hydrogens is 412 g/mol. The van der Waals surface area contributed by atoms with Crippen molar-refractivity contribution in [2.24, 2.45) is 0 Å². The Morgan fingerprint density at radius 3 is 2.79 bits per heavy atom. The molecule has 4 aromatic rings. The van der Waals surface area contributed by atoms with E-state index in [1.807, 2.05) is 55.5 Å². The number of halogens is 1. The maximum atomic E-state index is 12.4. The molecule has 5 nitrogen and oxygen atoms in total. The van der Waals surface area contributed by atoms with E-state index in [-0.39, 0.29) is 11.2 Å². The van der Waals surface area contributed by atoms with Crippen LogP contribution >= 0.6 is 34.7 Å². The lowest BCUT2D eigenvalue weighted by Crippen LogP contribution is -2.15. The number of aryl methyl sites for hydroxylation is 1. The summed E-state index contributed by atoms with van der Waals surface area (Å²) in [5.41, 5.74) is 3.73. The SMILES string of the molecule is Cc1nn(-c2nc3ccccc3s2)c2c1C(c1ccccc1Cl)SCC(=O)N2. The van der Waals surface area contributed by atoms with Gasteiger partial charge in [-0.2, -0.15) is 9.78 Å². The van der Waals surface area contributed by atoms with Crippen LogP contribution in [0.25, 0.3) is 15.3 Å². The Morgan fingerprint density at radius 1 is 1.18 bits per heavy atom. The highest BCUT2D eigenvalue weighted by molar-refractivity contribution is 8.00. The molecule has 1 aliphatic rings. The summed E-state index contributed by atoms with van der Waals surface area (Å²) in [6, 6.07) is 15.7. The van der Waals surface area contributed by atoms with Gasteiger partial charge in [-0.1, -0.05) is 53.3 Å². The van der Waals surface area contributed by atoms with Gasteiger partial charge in [-0.3, -0.25) is 4.79 Å². The van der Waals surface area contributed by atoms with Crippen molar-refractivity contribution in [1.82, 2.24) is 14.8 Å². The van der Waals surface area contributed by atoms with Gasteiger partial charge in [-0.25, -0.2) is 4.98 Å². The number of para-hydroxylation sites is 1. The zero-order valence-electron chi connectivity index (χ0n) is 14.8. The molecule has 0 bridgehead atoms. The molecule has 0 aliphatic carbocycles. The van der Waals surface area contributed by atoms with E-state index in [0.29, 0.717) is 16.6 Å². The van der Waals surface area contributed by atoms with Gasteiger partial charge in [0.2, 0.25) is 11.0 Å². The van der Waals surface area contributed by atoms with E-state index in [1.165, 1.54) is 0 Å². The summed E-state index contributed by atoms with van der Waals surface area (Å²) in [5.74, 6) is 0.976. The first-order valence-electron chi connectivity index (χ1n) is 8.73. The molecule has 0 saturated carbocycles. The fourth-order valence-electron chi connectivity index (χ4n) is 3.41. The lowest BCUT2D eigenvalue weighted by molar-refractivity contribution is -0.113. The minimum Gasteiger partial charge on any atom is -0.310 e. The minimum absolute atomic E-state index is 0.0527. The molecule has 1 atom stereocenters. The number of hydrogen-bond donors (Lipinski definition) is 1. The van der Waals surface area contributed by atoms with Gasteiger partial charge in [0.1, 0.15) is 5.82 Å². The Balaban J connectivity index is 1.71. The highest BCUT2D eigenvalue weighted by Gasteiger charge is 2.32. The monoisotopic (exact) mass is 426 g/mol. The molecule has 2 aromatic heterocycles. The first-order valence-corrected chi connectivity index (χ1v) is 11.0. The van der Waals surface area contributed by atoms with Gasteiger partial charge in [0.15, 0.2) is 0 Å². The number of fused-ring (bicyclic) bond motifs is 2. The van der Waals surface area contributed by atoms with E-state index in [9.17, 15) is 4.79 Å². The van der Waals surface area contributed by atoms with E-state index < -0.39 is 0 Å². The molecule has 0 spiro atoms. The highest BCUT2D eigenvalue weighted by atomic mass is 35.5. The van der Waals surface area contributed by atoms with Gasteiger partial charge in [-0.15, -0.1) is 11.8 Å². The van der Waals surface area contributed by atoms with E-state index in [4.69, 9.17) is 21.7 Å². The predicted molar refractivity (Wildman–Crippen MR) is 116 cm³/mol. The number of hydrogen-bond acceptors (Lipinski definition) is 5. The van der Waals surface area contributed by atoms with Gasteiger partial charge >= 0.3 is 0 Å². The van der Waals surface area contributed by atoms with Crippen molar-refractivity contribution in [3.8, 4) is 5.13 Å². The Kier molecular flexibility index (Phi) is 4.38. The lowest BCUT2D eigenvalue weighted by atomic mass is 10.0. The molecule has 1 aliphatic heterocycles. The summed E-state index contributed by atoms with van der Waals surface area (Å²) in [6.07, 6.45) is 0. The van der Waals surface area contributed by atoms with Gasteiger partial charge in [-0.05, 0) is 30.7 Å². The minimum atomic E-state index is -0.0780. The average molecular weight is 427 g/mol. The highest BCUT2D eigenvalue weighted by Crippen LogP contribution is 2.46. The third-order valence-electron chi connectivity index (χ3n) is 4.66. The molecule has 0 radical (unpaired) electrons. The molecule has 1 unspecified atom stereocenters. The van der Waals surface area contributed by atoms with E-state index in [1.54, 1.807) is 27.8 Å². The number of rotatable bonds is 2. The molecular formula is C20H15ClN4OS2. The molecule has 0 fully saturated rings. The average Bonchev–Trinajstić information content (AvgIpc) is 3.19. The summed E-state index contributed by atoms with van der Waals surface area (Å²) in [4.78, 5) is 17.2. The zero-order valence-corrected chi connectivity index (χ0v) is 17.2. The first kappa shape index (κ1) is 17.7. The van der Waals surface area contributed by atoms with Crippen LogP contribution in [0.4, 0.5) is 5.82 Å². The van der Waals surface area contributed by atoms with Gasteiger partial charge in [0.05, 0.1) is 26.9 Å². The molecule has 8 heteroatoms. The Labute approximate surface area is 174 Å². The number of anilines is 1. The van der Waals surface area contributed by atoms with Crippen LogP contribution in [0.2, 0.25) is 5.02 Å². The number of nitrogens with one attached hydrogen (secondary N) is 1. The number of thioether (sulfide) groups is 1. The van der Waals surface area contributed by atoms with Crippen LogP contribution in [0, 0.1) is 6.92 Å². The first-order chi connectivity index (χ1) is 13.6. The van der Waals surface area contributed by atoms with Crippen molar-refractivity contribution in [1.29, 1.82) is 0 Å². The number of carbonyl (C=O) groups is 1. The standard InChI is InChI=1S/C20H15ClN4OS2/c1-11-17-18(12-6-2-3-7-13(12)21)27-10-16(26)23-19(17)25(24-11)20-22-14-8-4-5-9-15(14)28-20/h2-9,18H,10H2,1H3,(H,23,26). The van der Waals surface area contributed by atoms with Crippen LogP contribution in [-0.4, -0.2) is 26.4 Å². The number of thiazole rings is 1. The predicted octanol–water partition coefficient (Wildman–Crippen LogP) is 5.22. The second kappa shape index (κ2) is 6.92. The number of benzene rings is 2. The topological polar surface area (TPSA) is 59.8 Å². The normalized spacial score (nSPS) is 16.6. The van der Waals surface area contributed by atoms with Crippen LogP contribution in [0.1, 0.15) is 22.1 Å². The summed E-state index contributed by atoms with van der Waals surface area (Å²) < 4.78 is 2.83. The smallest absolute Gasteiger partial charge is 0.235 e. The molecule has 28 heavy (non-hydrogen) atoms. The van der Waals surface area contributed by atoms with Gasteiger partial charge < -0.3 is 5.32 Å². The summed E-state index contributed by atoms with van der Waals surface area (Å²) in [5, 5.41) is 9.11. The van der Waals surface area contributed by atoms with Crippen LogP contribution in [0.5, 0.6) is 0 Å². The zero-order chi connectivity index (χ0) is 19.3. The van der Waals surface area contributed by atoms with Gasteiger partial charge in [0, 0.05) is 10.6 Å². The van der Waals surface area contributed by atoms with Crippen molar-refractivity contribution in [3.63, 3.8) is 0 Å². The van der Waals surface area contributed by atoms with Crippen LogP contribution in [0.3, 0.4) is 0 Å². The maximum absolute atomic E-state index is 12.4. The Bertz CT molecular complexity index is 1180. The fraction of sp³-hybridized carbons (Fsp3) is 0.150. The Morgan fingerprint density at radius 2 is 1.96 bits per heavy atom. The number of carbonyl (C=O) groups excluding carboxylic acids is 1. The quantitative estimate of drug-likeness (QED) is 0.477. The Hall–Kier alpha value is -2.35. The molecule has 2 aromatic carbocycles. The molecule has 5 rings (SSSR count). The number of nitrogens with zero attached hydrogens (tertiary/aromatic N) is 3. The molecule has 1 N–H and O–H groups in total. The lowest BCUT2D eigenvalue weighted by Gasteiger charge is -2.16.